The number of rotatable bonds is 5. The summed E-state index contributed by atoms with van der Waals surface area (Å²) in [6, 6.07) is 10.9. The van der Waals surface area contributed by atoms with Crippen molar-refractivity contribution in [3.63, 3.8) is 0 Å². The molecule has 0 unspecified atom stereocenters. The summed E-state index contributed by atoms with van der Waals surface area (Å²) in [6.45, 7) is 3.56. The van der Waals surface area contributed by atoms with E-state index in [0.29, 0.717) is 13.0 Å². The fourth-order valence-electron chi connectivity index (χ4n) is 4.08. The van der Waals surface area contributed by atoms with Crippen LogP contribution >= 0.6 is 0 Å². The number of para-hydroxylation sites is 1. The lowest BCUT2D eigenvalue weighted by atomic mass is 10.1. The van der Waals surface area contributed by atoms with Crippen molar-refractivity contribution in [1.29, 1.82) is 0 Å². The molecular weight excluding hydrogens is 390 g/mol. The zero-order valence-electron chi connectivity index (χ0n) is 16.3. The standard InChI is InChI=1S/C20H25N5O3S/c26-19(15-23-10-12-24(13-11-23)20-21-8-4-9-22-20)25(17-5-2-1-3-6-17)18-7-14-29(27,28)16-18/h1-6,8-9,18H,7,10-16H2/p+1/t18-/m1/s1. The van der Waals surface area contributed by atoms with Crippen LogP contribution in [0.3, 0.4) is 0 Å². The van der Waals surface area contributed by atoms with Gasteiger partial charge in [-0.15, -0.1) is 0 Å². The molecule has 0 aliphatic carbocycles. The maximum atomic E-state index is 13.2. The van der Waals surface area contributed by atoms with Crippen LogP contribution in [0.5, 0.6) is 0 Å². The summed E-state index contributed by atoms with van der Waals surface area (Å²) in [5, 5.41) is 0. The van der Waals surface area contributed by atoms with Gasteiger partial charge in [-0.25, -0.2) is 18.4 Å². The number of amides is 1. The highest BCUT2D eigenvalue weighted by Gasteiger charge is 2.37. The maximum Gasteiger partial charge on any atom is 0.282 e. The van der Waals surface area contributed by atoms with Gasteiger partial charge in [0.15, 0.2) is 16.4 Å². The molecule has 154 valence electrons. The Balaban J connectivity index is 1.42. The van der Waals surface area contributed by atoms with Gasteiger partial charge in [0.25, 0.3) is 5.91 Å². The van der Waals surface area contributed by atoms with Crippen molar-refractivity contribution in [2.75, 3.05) is 54.0 Å². The van der Waals surface area contributed by atoms with E-state index in [0.717, 1.165) is 37.8 Å². The molecule has 9 heteroatoms. The molecule has 4 rings (SSSR count). The minimum atomic E-state index is -3.07. The van der Waals surface area contributed by atoms with E-state index in [-0.39, 0.29) is 23.5 Å². The highest BCUT2D eigenvalue weighted by atomic mass is 32.2. The molecule has 2 fully saturated rings. The number of carbonyl (C=O) groups is 1. The number of aromatic nitrogens is 2. The Labute approximate surface area is 171 Å². The largest absolute Gasteiger partial charge is 0.330 e. The van der Waals surface area contributed by atoms with Gasteiger partial charge in [-0.05, 0) is 24.6 Å². The monoisotopic (exact) mass is 416 g/mol. The number of benzene rings is 1. The summed E-state index contributed by atoms with van der Waals surface area (Å²) < 4.78 is 24.0. The number of sulfone groups is 1. The lowest BCUT2D eigenvalue weighted by Crippen LogP contribution is -3.16. The lowest BCUT2D eigenvalue weighted by molar-refractivity contribution is -0.892. The molecule has 1 aromatic carbocycles. The minimum Gasteiger partial charge on any atom is -0.330 e. The van der Waals surface area contributed by atoms with Crippen LogP contribution in [0.1, 0.15) is 6.42 Å². The number of hydrogen-bond donors (Lipinski definition) is 1. The average Bonchev–Trinajstić information content (AvgIpc) is 3.09. The fourth-order valence-corrected chi connectivity index (χ4v) is 5.78. The molecule has 3 heterocycles. The van der Waals surface area contributed by atoms with E-state index in [4.69, 9.17) is 0 Å². The molecule has 2 aromatic rings. The van der Waals surface area contributed by atoms with Crippen LogP contribution in [0.15, 0.2) is 48.8 Å². The molecule has 8 nitrogen and oxygen atoms in total. The molecule has 0 saturated carbocycles. The Morgan fingerprint density at radius 3 is 2.41 bits per heavy atom. The van der Waals surface area contributed by atoms with Crippen LogP contribution in [-0.2, 0) is 14.6 Å². The Hall–Kier alpha value is -2.52. The van der Waals surface area contributed by atoms with Gasteiger partial charge in [0, 0.05) is 18.1 Å². The van der Waals surface area contributed by atoms with Crippen molar-refractivity contribution in [3.05, 3.63) is 48.8 Å². The smallest absolute Gasteiger partial charge is 0.282 e. The quantitative estimate of drug-likeness (QED) is 0.701. The van der Waals surface area contributed by atoms with Crippen LogP contribution in [-0.4, -0.2) is 74.6 Å². The number of nitrogens with zero attached hydrogens (tertiary/aromatic N) is 4. The first-order valence-corrected chi connectivity index (χ1v) is 11.8. The maximum absolute atomic E-state index is 13.2. The molecule has 0 radical (unpaired) electrons. The molecule has 29 heavy (non-hydrogen) atoms. The van der Waals surface area contributed by atoms with Crippen molar-refractivity contribution >= 4 is 27.4 Å². The Kier molecular flexibility index (Phi) is 5.77. The number of anilines is 2. The second-order valence-electron chi connectivity index (χ2n) is 7.62. The van der Waals surface area contributed by atoms with E-state index >= 15 is 0 Å². The first-order valence-electron chi connectivity index (χ1n) is 9.95. The summed E-state index contributed by atoms with van der Waals surface area (Å²) in [5.41, 5.74) is 0.773. The Bertz CT molecular complexity index is 931. The van der Waals surface area contributed by atoms with Crippen molar-refractivity contribution in [2.24, 2.45) is 0 Å². The van der Waals surface area contributed by atoms with E-state index in [1.807, 2.05) is 30.3 Å². The van der Waals surface area contributed by atoms with Crippen molar-refractivity contribution < 1.29 is 18.1 Å². The van der Waals surface area contributed by atoms with Crippen molar-refractivity contribution in [1.82, 2.24) is 9.97 Å². The number of nitrogens with one attached hydrogen (secondary N) is 1. The molecule has 1 N–H and O–H groups in total. The third-order valence-electron chi connectivity index (χ3n) is 5.58. The predicted molar refractivity (Wildman–Crippen MR) is 111 cm³/mol. The number of quaternary nitrogens is 1. The summed E-state index contributed by atoms with van der Waals surface area (Å²) in [5.74, 6) is 0.900. The molecule has 2 aliphatic rings. The molecular formula is C20H26N5O3S+. The summed E-state index contributed by atoms with van der Waals surface area (Å²) in [6.07, 6.45) is 3.97. The first kappa shape index (κ1) is 19.8. The fraction of sp³-hybridized carbons (Fsp3) is 0.450. The molecule has 2 saturated heterocycles. The van der Waals surface area contributed by atoms with Gasteiger partial charge in [-0.3, -0.25) is 4.79 Å². The van der Waals surface area contributed by atoms with Gasteiger partial charge < -0.3 is 14.7 Å². The van der Waals surface area contributed by atoms with Crippen LogP contribution in [0.25, 0.3) is 0 Å². The van der Waals surface area contributed by atoms with E-state index in [2.05, 4.69) is 14.9 Å². The van der Waals surface area contributed by atoms with E-state index in [9.17, 15) is 13.2 Å². The highest BCUT2D eigenvalue weighted by molar-refractivity contribution is 7.91. The Morgan fingerprint density at radius 2 is 1.79 bits per heavy atom. The van der Waals surface area contributed by atoms with E-state index in [1.54, 1.807) is 23.4 Å². The molecule has 1 atom stereocenters. The predicted octanol–water partition coefficient (Wildman–Crippen LogP) is -0.598. The third-order valence-corrected chi connectivity index (χ3v) is 7.33. The van der Waals surface area contributed by atoms with Crippen LogP contribution < -0.4 is 14.7 Å². The first-order chi connectivity index (χ1) is 14.0. The molecule has 2 aliphatic heterocycles. The molecule has 0 spiro atoms. The van der Waals surface area contributed by atoms with Gasteiger partial charge in [-0.2, -0.15) is 0 Å². The van der Waals surface area contributed by atoms with Gasteiger partial charge in [-0.1, -0.05) is 18.2 Å². The minimum absolute atomic E-state index is 0.0160. The number of carbonyl (C=O) groups excluding carboxylic acids is 1. The summed E-state index contributed by atoms with van der Waals surface area (Å²) in [7, 11) is -3.07. The number of hydrogen-bond acceptors (Lipinski definition) is 6. The SMILES string of the molecule is O=C(C[NH+]1CCN(c2ncccn2)CC1)N(c1ccccc1)[C@@H]1CCS(=O)(=O)C1. The van der Waals surface area contributed by atoms with Crippen molar-refractivity contribution in [2.45, 2.75) is 12.5 Å². The lowest BCUT2D eigenvalue weighted by Gasteiger charge is -2.34. The van der Waals surface area contributed by atoms with Crippen LogP contribution in [0.2, 0.25) is 0 Å². The molecule has 0 bridgehead atoms. The van der Waals surface area contributed by atoms with Gasteiger partial charge in [0.1, 0.15) is 0 Å². The topological polar surface area (TPSA) is 87.9 Å². The van der Waals surface area contributed by atoms with E-state index in [1.165, 1.54) is 4.90 Å². The van der Waals surface area contributed by atoms with Crippen LogP contribution in [0.4, 0.5) is 11.6 Å². The van der Waals surface area contributed by atoms with Crippen LogP contribution in [0, 0.1) is 0 Å². The van der Waals surface area contributed by atoms with Gasteiger partial charge >= 0.3 is 0 Å². The second kappa shape index (κ2) is 8.46. The summed E-state index contributed by atoms with van der Waals surface area (Å²) in [4.78, 5) is 26.9. The van der Waals surface area contributed by atoms with Crippen molar-refractivity contribution in [3.8, 4) is 0 Å². The summed E-state index contributed by atoms with van der Waals surface area (Å²) >= 11 is 0. The molecule has 1 aromatic heterocycles. The highest BCUT2D eigenvalue weighted by Crippen LogP contribution is 2.24. The molecule has 1 amide bonds. The second-order valence-corrected chi connectivity index (χ2v) is 9.85. The zero-order chi connectivity index (χ0) is 20.3. The third kappa shape index (κ3) is 4.73. The normalized spacial score (nSPS) is 21.8. The average molecular weight is 417 g/mol. The zero-order valence-corrected chi connectivity index (χ0v) is 17.1. The Morgan fingerprint density at radius 1 is 1.10 bits per heavy atom. The van der Waals surface area contributed by atoms with Gasteiger partial charge in [0.05, 0.1) is 43.7 Å². The van der Waals surface area contributed by atoms with Gasteiger partial charge in [0.2, 0.25) is 5.95 Å². The number of piperazine rings is 1. The van der Waals surface area contributed by atoms with E-state index < -0.39 is 9.84 Å².